The molecular formula is C14H18BrN3. The fourth-order valence-electron chi connectivity index (χ4n) is 2.21. The second-order valence-electron chi connectivity index (χ2n) is 4.81. The molecule has 96 valence electrons. The van der Waals surface area contributed by atoms with Crippen LogP contribution in [0.4, 0.5) is 0 Å². The van der Waals surface area contributed by atoms with Gasteiger partial charge in [0.1, 0.15) is 11.6 Å². The van der Waals surface area contributed by atoms with Gasteiger partial charge in [-0.05, 0) is 26.3 Å². The minimum Gasteiger partial charge on any atom is -0.314 e. The maximum absolute atomic E-state index is 4.39. The zero-order valence-electron chi connectivity index (χ0n) is 11.0. The number of hydrogen-bond acceptors (Lipinski definition) is 2. The molecule has 2 aromatic rings. The van der Waals surface area contributed by atoms with E-state index in [4.69, 9.17) is 0 Å². The molecule has 0 amide bonds. The number of rotatable bonds is 4. The van der Waals surface area contributed by atoms with E-state index in [0.717, 1.165) is 23.5 Å². The number of alkyl halides is 1. The Balaban J connectivity index is 2.51. The Kier molecular flexibility index (Phi) is 3.85. The van der Waals surface area contributed by atoms with E-state index in [1.165, 1.54) is 5.56 Å². The maximum atomic E-state index is 4.39. The Labute approximate surface area is 116 Å². The molecule has 0 saturated heterocycles. The summed E-state index contributed by atoms with van der Waals surface area (Å²) >= 11 is 3.46. The van der Waals surface area contributed by atoms with Crippen molar-refractivity contribution in [2.75, 3.05) is 0 Å². The molecule has 0 radical (unpaired) electrons. The molecule has 0 unspecified atom stereocenters. The molecule has 0 N–H and O–H groups in total. The molecule has 0 aliphatic heterocycles. The first-order valence-corrected chi connectivity index (χ1v) is 7.27. The Bertz CT molecular complexity index is 517. The average molecular weight is 308 g/mol. The van der Waals surface area contributed by atoms with Crippen LogP contribution in [0.2, 0.25) is 0 Å². The maximum Gasteiger partial charge on any atom is 0.143 e. The van der Waals surface area contributed by atoms with Gasteiger partial charge in [0.15, 0.2) is 0 Å². The molecule has 0 atom stereocenters. The van der Waals surface area contributed by atoms with E-state index in [9.17, 15) is 0 Å². The Morgan fingerprint density at radius 1 is 1.17 bits per heavy atom. The molecule has 0 fully saturated rings. The van der Waals surface area contributed by atoms with Gasteiger partial charge in [-0.25, -0.2) is 0 Å². The quantitative estimate of drug-likeness (QED) is 0.809. The van der Waals surface area contributed by atoms with Crippen LogP contribution in [-0.4, -0.2) is 14.8 Å². The van der Waals surface area contributed by atoms with E-state index in [0.29, 0.717) is 0 Å². The predicted molar refractivity (Wildman–Crippen MR) is 76.9 cm³/mol. The fourth-order valence-corrected chi connectivity index (χ4v) is 2.63. The first kappa shape index (κ1) is 13.3. The molecule has 0 saturated carbocycles. The van der Waals surface area contributed by atoms with Crippen LogP contribution < -0.4 is 0 Å². The van der Waals surface area contributed by atoms with Gasteiger partial charge in [-0.15, -0.1) is 10.2 Å². The number of aromatic nitrogens is 3. The molecule has 0 aliphatic rings. The van der Waals surface area contributed by atoms with Crippen molar-refractivity contribution in [3.63, 3.8) is 0 Å². The van der Waals surface area contributed by atoms with E-state index < -0.39 is 0 Å². The van der Waals surface area contributed by atoms with Crippen molar-refractivity contribution < 1.29 is 0 Å². The van der Waals surface area contributed by atoms with Crippen LogP contribution in [0.1, 0.15) is 38.0 Å². The van der Waals surface area contributed by atoms with Gasteiger partial charge < -0.3 is 4.57 Å². The third kappa shape index (κ3) is 2.21. The van der Waals surface area contributed by atoms with Crippen molar-refractivity contribution in [2.24, 2.45) is 0 Å². The average Bonchev–Trinajstić information content (AvgIpc) is 2.83. The molecule has 1 aromatic heterocycles. The van der Waals surface area contributed by atoms with Gasteiger partial charge in [-0.3, -0.25) is 0 Å². The molecule has 1 aromatic carbocycles. The van der Waals surface area contributed by atoms with E-state index >= 15 is 0 Å². The van der Waals surface area contributed by atoms with Crippen molar-refractivity contribution in [3.8, 4) is 0 Å². The fraction of sp³-hybridized carbons (Fsp3) is 0.429. The van der Waals surface area contributed by atoms with Crippen LogP contribution in [0.5, 0.6) is 0 Å². The monoisotopic (exact) mass is 307 g/mol. The summed E-state index contributed by atoms with van der Waals surface area (Å²) in [5.41, 5.74) is 1.12. The van der Waals surface area contributed by atoms with E-state index in [-0.39, 0.29) is 5.41 Å². The van der Waals surface area contributed by atoms with Gasteiger partial charge in [-0.1, -0.05) is 46.3 Å². The third-order valence-corrected chi connectivity index (χ3v) is 3.82. The van der Waals surface area contributed by atoms with Crippen LogP contribution >= 0.6 is 15.9 Å². The SMILES string of the molecule is CCn1c(CBr)nnc1C(C)(C)c1ccccc1. The summed E-state index contributed by atoms with van der Waals surface area (Å²) in [5, 5.41) is 9.39. The number of benzene rings is 1. The lowest BCUT2D eigenvalue weighted by Crippen LogP contribution is -2.24. The number of halogens is 1. The van der Waals surface area contributed by atoms with Crippen molar-refractivity contribution in [2.45, 2.75) is 38.1 Å². The van der Waals surface area contributed by atoms with Gasteiger partial charge in [0.05, 0.1) is 5.33 Å². The van der Waals surface area contributed by atoms with Crippen molar-refractivity contribution in [3.05, 3.63) is 47.5 Å². The summed E-state index contributed by atoms with van der Waals surface area (Å²) in [6.45, 7) is 7.40. The largest absolute Gasteiger partial charge is 0.314 e. The summed E-state index contributed by atoms with van der Waals surface area (Å²) in [7, 11) is 0. The zero-order chi connectivity index (χ0) is 13.2. The molecule has 0 bridgehead atoms. The highest BCUT2D eigenvalue weighted by Crippen LogP contribution is 2.30. The molecule has 0 aliphatic carbocycles. The Morgan fingerprint density at radius 2 is 1.83 bits per heavy atom. The third-order valence-electron chi connectivity index (χ3n) is 3.32. The summed E-state index contributed by atoms with van der Waals surface area (Å²) < 4.78 is 2.18. The highest BCUT2D eigenvalue weighted by Gasteiger charge is 2.29. The van der Waals surface area contributed by atoms with Gasteiger partial charge in [0.2, 0.25) is 0 Å². The standard InChI is InChI=1S/C14H18BrN3/c1-4-18-12(10-15)16-17-13(18)14(2,3)11-8-6-5-7-9-11/h5-9H,4,10H2,1-3H3. The lowest BCUT2D eigenvalue weighted by atomic mass is 9.83. The van der Waals surface area contributed by atoms with E-state index in [1.807, 2.05) is 6.07 Å². The van der Waals surface area contributed by atoms with Crippen molar-refractivity contribution in [1.29, 1.82) is 0 Å². The second-order valence-corrected chi connectivity index (χ2v) is 5.37. The molecule has 1 heterocycles. The summed E-state index contributed by atoms with van der Waals surface area (Å²) in [5.74, 6) is 2.00. The molecular weight excluding hydrogens is 290 g/mol. The van der Waals surface area contributed by atoms with Crippen LogP contribution in [-0.2, 0) is 17.3 Å². The molecule has 0 spiro atoms. The smallest absolute Gasteiger partial charge is 0.143 e. The minimum atomic E-state index is -0.134. The van der Waals surface area contributed by atoms with E-state index in [2.05, 4.69) is 75.7 Å². The number of nitrogens with zero attached hydrogens (tertiary/aromatic N) is 3. The lowest BCUT2D eigenvalue weighted by molar-refractivity contribution is 0.535. The Morgan fingerprint density at radius 3 is 2.39 bits per heavy atom. The normalized spacial score (nSPS) is 11.8. The first-order chi connectivity index (χ1) is 8.61. The summed E-state index contributed by atoms with van der Waals surface area (Å²) in [6, 6.07) is 10.4. The topological polar surface area (TPSA) is 30.7 Å². The molecule has 3 nitrogen and oxygen atoms in total. The summed E-state index contributed by atoms with van der Waals surface area (Å²) in [4.78, 5) is 0. The number of hydrogen-bond donors (Lipinski definition) is 0. The first-order valence-electron chi connectivity index (χ1n) is 6.15. The van der Waals surface area contributed by atoms with Crippen LogP contribution in [0, 0.1) is 0 Å². The van der Waals surface area contributed by atoms with Crippen LogP contribution in [0.3, 0.4) is 0 Å². The molecule has 18 heavy (non-hydrogen) atoms. The molecule has 2 rings (SSSR count). The highest BCUT2D eigenvalue weighted by molar-refractivity contribution is 9.08. The lowest BCUT2D eigenvalue weighted by Gasteiger charge is -2.25. The predicted octanol–water partition coefficient (Wildman–Crippen LogP) is 3.52. The Hall–Kier alpha value is -1.16. The minimum absolute atomic E-state index is 0.134. The van der Waals surface area contributed by atoms with Crippen molar-refractivity contribution >= 4 is 15.9 Å². The highest BCUT2D eigenvalue weighted by atomic mass is 79.9. The van der Waals surface area contributed by atoms with Crippen molar-refractivity contribution in [1.82, 2.24) is 14.8 Å². The van der Waals surface area contributed by atoms with Gasteiger partial charge in [0.25, 0.3) is 0 Å². The second kappa shape index (κ2) is 5.22. The molecule has 4 heteroatoms. The zero-order valence-corrected chi connectivity index (χ0v) is 12.6. The van der Waals surface area contributed by atoms with Gasteiger partial charge in [-0.2, -0.15) is 0 Å². The van der Waals surface area contributed by atoms with Gasteiger partial charge in [0, 0.05) is 12.0 Å². The van der Waals surface area contributed by atoms with Gasteiger partial charge >= 0.3 is 0 Å². The van der Waals surface area contributed by atoms with E-state index in [1.54, 1.807) is 0 Å². The summed E-state index contributed by atoms with van der Waals surface area (Å²) in [6.07, 6.45) is 0. The van der Waals surface area contributed by atoms with Crippen LogP contribution in [0.25, 0.3) is 0 Å². The van der Waals surface area contributed by atoms with Crippen LogP contribution in [0.15, 0.2) is 30.3 Å².